The van der Waals surface area contributed by atoms with Crippen LogP contribution in [-0.4, -0.2) is 22.0 Å². The number of aromatic nitrogens is 2. The number of anilines is 1. The molecule has 2 aromatic rings. The van der Waals surface area contributed by atoms with Crippen LogP contribution in [0.25, 0.3) is 0 Å². The van der Waals surface area contributed by atoms with Gasteiger partial charge in [0.15, 0.2) is 0 Å². The molecular weight excluding hydrogens is 259 g/mol. The van der Waals surface area contributed by atoms with Crippen molar-refractivity contribution in [2.75, 3.05) is 11.9 Å². The lowest BCUT2D eigenvalue weighted by Gasteiger charge is -2.09. The zero-order valence-corrected chi connectivity index (χ0v) is 11.3. The molecule has 0 saturated heterocycles. The van der Waals surface area contributed by atoms with Crippen molar-refractivity contribution in [1.82, 2.24) is 14.9 Å². The van der Waals surface area contributed by atoms with E-state index in [9.17, 15) is 9.18 Å². The molecular formula is C14H17FN4O. The molecule has 0 aliphatic carbocycles. The van der Waals surface area contributed by atoms with Gasteiger partial charge in [0.1, 0.15) is 18.2 Å². The molecule has 106 valence electrons. The number of rotatable bonds is 6. The Kier molecular flexibility index (Phi) is 4.84. The number of benzene rings is 1. The van der Waals surface area contributed by atoms with Gasteiger partial charge in [-0.2, -0.15) is 0 Å². The van der Waals surface area contributed by atoms with Gasteiger partial charge in [-0.3, -0.25) is 4.79 Å². The van der Waals surface area contributed by atoms with E-state index in [0.717, 1.165) is 12.4 Å². The number of carbonyl (C=O) groups is 1. The Bertz CT molecular complexity index is 582. The SMILES string of the molecule is CCNCc1nccn1CC(=O)Nc1cccc(F)c1. The molecule has 0 bridgehead atoms. The fourth-order valence-electron chi connectivity index (χ4n) is 1.81. The minimum atomic E-state index is -0.377. The lowest BCUT2D eigenvalue weighted by Crippen LogP contribution is -2.22. The van der Waals surface area contributed by atoms with Crippen LogP contribution in [0.4, 0.5) is 10.1 Å². The van der Waals surface area contributed by atoms with Crippen molar-refractivity contribution in [2.24, 2.45) is 0 Å². The van der Waals surface area contributed by atoms with Gasteiger partial charge < -0.3 is 15.2 Å². The van der Waals surface area contributed by atoms with Crippen LogP contribution in [0, 0.1) is 5.82 Å². The maximum atomic E-state index is 13.0. The Labute approximate surface area is 116 Å². The Hall–Kier alpha value is -2.21. The zero-order chi connectivity index (χ0) is 14.4. The normalized spacial score (nSPS) is 10.5. The minimum absolute atomic E-state index is 0.150. The van der Waals surface area contributed by atoms with Crippen LogP contribution >= 0.6 is 0 Å². The third kappa shape index (κ3) is 3.89. The number of nitrogens with zero attached hydrogens (tertiary/aromatic N) is 2. The average Bonchev–Trinajstić information content (AvgIpc) is 2.83. The van der Waals surface area contributed by atoms with E-state index in [1.54, 1.807) is 29.1 Å². The van der Waals surface area contributed by atoms with Crippen LogP contribution in [-0.2, 0) is 17.9 Å². The molecule has 5 nitrogen and oxygen atoms in total. The fraction of sp³-hybridized carbons (Fsp3) is 0.286. The van der Waals surface area contributed by atoms with E-state index in [1.165, 1.54) is 12.1 Å². The van der Waals surface area contributed by atoms with E-state index < -0.39 is 0 Å². The van der Waals surface area contributed by atoms with E-state index >= 15 is 0 Å². The quantitative estimate of drug-likeness (QED) is 0.845. The Morgan fingerprint density at radius 1 is 1.45 bits per heavy atom. The molecule has 0 atom stereocenters. The molecule has 0 radical (unpaired) electrons. The number of halogens is 1. The van der Waals surface area contributed by atoms with E-state index in [4.69, 9.17) is 0 Å². The third-order valence-electron chi connectivity index (χ3n) is 2.76. The molecule has 0 aliphatic heterocycles. The summed E-state index contributed by atoms with van der Waals surface area (Å²) in [6.45, 7) is 3.60. The summed E-state index contributed by atoms with van der Waals surface area (Å²) >= 11 is 0. The smallest absolute Gasteiger partial charge is 0.244 e. The predicted octanol–water partition coefficient (Wildman–Crippen LogP) is 1.77. The van der Waals surface area contributed by atoms with Crippen LogP contribution < -0.4 is 10.6 Å². The van der Waals surface area contributed by atoms with Crippen LogP contribution in [0.1, 0.15) is 12.7 Å². The van der Waals surface area contributed by atoms with Crippen molar-refractivity contribution >= 4 is 11.6 Å². The van der Waals surface area contributed by atoms with Crippen molar-refractivity contribution in [1.29, 1.82) is 0 Å². The summed E-state index contributed by atoms with van der Waals surface area (Å²) < 4.78 is 14.8. The molecule has 2 rings (SSSR count). The van der Waals surface area contributed by atoms with Crippen molar-refractivity contribution in [3.8, 4) is 0 Å². The third-order valence-corrected chi connectivity index (χ3v) is 2.76. The summed E-state index contributed by atoms with van der Waals surface area (Å²) in [5, 5.41) is 5.81. The van der Waals surface area contributed by atoms with Crippen molar-refractivity contribution in [3.05, 3.63) is 48.3 Å². The summed E-state index contributed by atoms with van der Waals surface area (Å²) in [7, 11) is 0. The number of amides is 1. The number of carbonyl (C=O) groups excluding carboxylic acids is 1. The Morgan fingerprint density at radius 3 is 3.05 bits per heavy atom. The summed E-state index contributed by atoms with van der Waals surface area (Å²) in [5.41, 5.74) is 0.448. The van der Waals surface area contributed by atoms with Crippen LogP contribution in [0.15, 0.2) is 36.7 Å². The van der Waals surface area contributed by atoms with Gasteiger partial charge in [-0.15, -0.1) is 0 Å². The number of hydrogen-bond acceptors (Lipinski definition) is 3. The largest absolute Gasteiger partial charge is 0.324 e. The van der Waals surface area contributed by atoms with E-state index in [0.29, 0.717) is 12.2 Å². The van der Waals surface area contributed by atoms with Crippen molar-refractivity contribution in [2.45, 2.75) is 20.0 Å². The summed E-state index contributed by atoms with van der Waals surface area (Å²) in [4.78, 5) is 16.1. The molecule has 0 saturated carbocycles. The van der Waals surface area contributed by atoms with E-state index in [1.807, 2.05) is 6.92 Å². The highest BCUT2D eigenvalue weighted by Crippen LogP contribution is 2.09. The predicted molar refractivity (Wildman–Crippen MR) is 74.6 cm³/mol. The second-order valence-electron chi connectivity index (χ2n) is 4.31. The summed E-state index contributed by atoms with van der Waals surface area (Å²) in [5.74, 6) is 0.200. The maximum Gasteiger partial charge on any atom is 0.244 e. The lowest BCUT2D eigenvalue weighted by atomic mass is 10.3. The Morgan fingerprint density at radius 2 is 2.30 bits per heavy atom. The van der Waals surface area contributed by atoms with Crippen LogP contribution in [0.3, 0.4) is 0 Å². The molecule has 0 unspecified atom stereocenters. The molecule has 0 aliphatic rings. The van der Waals surface area contributed by atoms with Crippen molar-refractivity contribution in [3.63, 3.8) is 0 Å². The zero-order valence-electron chi connectivity index (χ0n) is 11.3. The van der Waals surface area contributed by atoms with Crippen LogP contribution in [0.5, 0.6) is 0 Å². The van der Waals surface area contributed by atoms with Gasteiger partial charge in [-0.1, -0.05) is 13.0 Å². The fourth-order valence-corrected chi connectivity index (χ4v) is 1.81. The lowest BCUT2D eigenvalue weighted by molar-refractivity contribution is -0.116. The van der Waals surface area contributed by atoms with Gasteiger partial charge in [0.25, 0.3) is 0 Å². The highest BCUT2D eigenvalue weighted by molar-refractivity contribution is 5.90. The topological polar surface area (TPSA) is 59.0 Å². The highest BCUT2D eigenvalue weighted by Gasteiger charge is 2.08. The highest BCUT2D eigenvalue weighted by atomic mass is 19.1. The maximum absolute atomic E-state index is 13.0. The van der Waals surface area contributed by atoms with Gasteiger partial charge in [-0.25, -0.2) is 9.37 Å². The number of hydrogen-bond donors (Lipinski definition) is 2. The van der Waals surface area contributed by atoms with Gasteiger partial charge >= 0.3 is 0 Å². The molecule has 0 fully saturated rings. The molecule has 0 spiro atoms. The monoisotopic (exact) mass is 276 g/mol. The molecule has 1 amide bonds. The molecule has 1 heterocycles. The first-order valence-electron chi connectivity index (χ1n) is 6.45. The van der Waals surface area contributed by atoms with Gasteiger partial charge in [0.05, 0.1) is 6.54 Å². The molecule has 6 heteroatoms. The van der Waals surface area contributed by atoms with Gasteiger partial charge in [-0.05, 0) is 24.7 Å². The van der Waals surface area contributed by atoms with Gasteiger partial charge in [0, 0.05) is 18.1 Å². The second kappa shape index (κ2) is 6.81. The first kappa shape index (κ1) is 14.2. The van der Waals surface area contributed by atoms with E-state index in [2.05, 4.69) is 15.6 Å². The molecule has 2 N–H and O–H groups in total. The average molecular weight is 276 g/mol. The number of nitrogens with one attached hydrogen (secondary N) is 2. The summed E-state index contributed by atoms with van der Waals surface area (Å²) in [6, 6.07) is 5.82. The second-order valence-corrected chi connectivity index (χ2v) is 4.31. The summed E-state index contributed by atoms with van der Waals surface area (Å²) in [6.07, 6.45) is 3.40. The standard InChI is InChI=1S/C14H17FN4O/c1-2-16-9-13-17-6-7-19(13)10-14(20)18-12-5-3-4-11(15)8-12/h3-8,16H,2,9-10H2,1H3,(H,18,20). The Balaban J connectivity index is 1.96. The molecule has 1 aromatic carbocycles. The van der Waals surface area contributed by atoms with E-state index in [-0.39, 0.29) is 18.3 Å². The molecule has 1 aromatic heterocycles. The number of imidazole rings is 1. The molecule has 20 heavy (non-hydrogen) atoms. The first-order chi connectivity index (χ1) is 9.69. The van der Waals surface area contributed by atoms with Crippen LogP contribution in [0.2, 0.25) is 0 Å². The minimum Gasteiger partial charge on any atom is -0.324 e. The van der Waals surface area contributed by atoms with Crippen molar-refractivity contribution < 1.29 is 9.18 Å². The van der Waals surface area contributed by atoms with Gasteiger partial charge in [0.2, 0.25) is 5.91 Å². The first-order valence-corrected chi connectivity index (χ1v) is 6.45.